The van der Waals surface area contributed by atoms with Gasteiger partial charge in [0.05, 0.1) is 10.7 Å². The normalized spacial score (nSPS) is 26.5. The zero-order chi connectivity index (χ0) is 10.6. The Balaban J connectivity index is 2.30. The largest absolute Gasteiger partial charge is 0.239 e. The van der Waals surface area contributed by atoms with E-state index in [0.29, 0.717) is 22.4 Å². The van der Waals surface area contributed by atoms with E-state index in [4.69, 9.17) is 28.5 Å². The highest BCUT2D eigenvalue weighted by Crippen LogP contribution is 2.55. The minimum absolute atomic E-state index is 0.258. The lowest BCUT2D eigenvalue weighted by atomic mass is 9.95. The van der Waals surface area contributed by atoms with Crippen molar-refractivity contribution in [1.29, 1.82) is 5.26 Å². The summed E-state index contributed by atoms with van der Waals surface area (Å²) in [5.74, 6) is 1.03. The van der Waals surface area contributed by atoms with Gasteiger partial charge in [-0.25, -0.2) is 4.98 Å². The molecule has 1 saturated carbocycles. The molecule has 0 radical (unpaired) electrons. The number of aromatic nitrogens is 1. The van der Waals surface area contributed by atoms with Crippen molar-refractivity contribution in [1.82, 2.24) is 4.98 Å². The fourth-order valence-corrected chi connectivity index (χ4v) is 3.51. The van der Waals surface area contributed by atoms with E-state index in [9.17, 15) is 0 Å². The predicted octanol–water partition coefficient (Wildman–Crippen LogP) is 3.62. The lowest BCUT2D eigenvalue weighted by Gasteiger charge is -2.16. The van der Waals surface area contributed by atoms with Gasteiger partial charge in [0.2, 0.25) is 0 Å². The van der Waals surface area contributed by atoms with Crippen molar-refractivity contribution < 1.29 is 0 Å². The van der Waals surface area contributed by atoms with Crippen molar-refractivity contribution in [2.75, 3.05) is 0 Å². The molecule has 1 heterocycles. The Labute approximate surface area is 97.8 Å². The van der Waals surface area contributed by atoms with Crippen LogP contribution in [0, 0.1) is 11.3 Å². The monoisotopic (exact) mass is 238 g/mol. The average molecular weight is 239 g/mol. The highest BCUT2D eigenvalue weighted by molar-refractivity contribution is 6.36. The van der Waals surface area contributed by atoms with Crippen molar-refractivity contribution in [2.45, 2.75) is 31.1 Å². The number of nitriles is 1. The molecule has 0 amide bonds. The van der Waals surface area contributed by atoms with Crippen LogP contribution in [0.5, 0.6) is 0 Å². The predicted molar refractivity (Wildman–Crippen MR) is 58.3 cm³/mol. The molecule has 1 aromatic heterocycles. The molecule has 2 aliphatic rings. The first-order valence-electron chi connectivity index (χ1n) is 5.01. The van der Waals surface area contributed by atoms with Gasteiger partial charge in [-0.3, -0.25) is 0 Å². The quantitative estimate of drug-likeness (QED) is 0.648. The van der Waals surface area contributed by atoms with Gasteiger partial charge in [0.25, 0.3) is 0 Å². The highest BCUT2D eigenvalue weighted by Gasteiger charge is 2.40. The Kier molecular flexibility index (Phi) is 1.95. The maximum atomic E-state index is 8.94. The van der Waals surface area contributed by atoms with E-state index >= 15 is 0 Å². The number of halogens is 2. The summed E-state index contributed by atoms with van der Waals surface area (Å²) in [6.07, 6.45) is 3.49. The zero-order valence-electron chi connectivity index (χ0n) is 7.93. The van der Waals surface area contributed by atoms with Gasteiger partial charge in [-0.2, -0.15) is 5.26 Å². The third kappa shape index (κ3) is 1.14. The molecule has 0 spiro atoms. The number of hydrogen-bond donors (Lipinski definition) is 0. The van der Waals surface area contributed by atoms with Gasteiger partial charge in [-0.1, -0.05) is 23.2 Å². The molecule has 76 valence electrons. The molecule has 2 atom stereocenters. The van der Waals surface area contributed by atoms with Crippen LogP contribution >= 0.6 is 23.2 Å². The van der Waals surface area contributed by atoms with Crippen molar-refractivity contribution in [3.63, 3.8) is 0 Å². The molecular formula is C11H8Cl2N2. The van der Waals surface area contributed by atoms with Crippen LogP contribution in [0.25, 0.3) is 0 Å². The van der Waals surface area contributed by atoms with Crippen molar-refractivity contribution in [3.8, 4) is 6.07 Å². The van der Waals surface area contributed by atoms with Crippen LogP contribution in [0.2, 0.25) is 10.2 Å². The molecule has 2 bridgehead atoms. The first kappa shape index (κ1) is 9.45. The Hall–Kier alpha value is -0.780. The van der Waals surface area contributed by atoms with E-state index in [1.54, 1.807) is 0 Å². The van der Waals surface area contributed by atoms with Crippen LogP contribution in [0.4, 0.5) is 0 Å². The second-order valence-corrected chi connectivity index (χ2v) is 4.95. The van der Waals surface area contributed by atoms with Gasteiger partial charge < -0.3 is 0 Å². The third-order valence-corrected chi connectivity index (χ3v) is 4.16. The molecule has 0 aliphatic heterocycles. The molecular weight excluding hydrogens is 231 g/mol. The van der Waals surface area contributed by atoms with Gasteiger partial charge in [-0.05, 0) is 30.7 Å². The van der Waals surface area contributed by atoms with Crippen molar-refractivity contribution in [3.05, 3.63) is 27.0 Å². The van der Waals surface area contributed by atoms with Crippen LogP contribution in [0.15, 0.2) is 0 Å². The first-order valence-corrected chi connectivity index (χ1v) is 5.77. The summed E-state index contributed by atoms with van der Waals surface area (Å²) >= 11 is 12.1. The van der Waals surface area contributed by atoms with Crippen LogP contribution in [0.1, 0.15) is 47.9 Å². The SMILES string of the molecule is N#Cc1c(Cl)nc2c(c1Cl)C1CCC2C1. The molecule has 2 unspecified atom stereocenters. The maximum Gasteiger partial charge on any atom is 0.148 e. The Bertz CT molecular complexity index is 490. The smallest absolute Gasteiger partial charge is 0.148 e. The summed E-state index contributed by atoms with van der Waals surface area (Å²) in [5, 5.41) is 9.74. The minimum atomic E-state index is 0.258. The number of hydrogen-bond acceptors (Lipinski definition) is 2. The summed E-state index contributed by atoms with van der Waals surface area (Å²) in [7, 11) is 0. The Morgan fingerprint density at radius 3 is 2.73 bits per heavy atom. The van der Waals surface area contributed by atoms with E-state index in [1.807, 2.05) is 6.07 Å². The van der Waals surface area contributed by atoms with Gasteiger partial charge in [0, 0.05) is 5.92 Å². The van der Waals surface area contributed by atoms with Crippen LogP contribution < -0.4 is 0 Å². The highest BCUT2D eigenvalue weighted by atomic mass is 35.5. The minimum Gasteiger partial charge on any atom is -0.239 e. The fourth-order valence-electron chi connectivity index (χ4n) is 2.85. The second-order valence-electron chi connectivity index (χ2n) is 4.21. The van der Waals surface area contributed by atoms with Gasteiger partial charge in [0.15, 0.2) is 0 Å². The van der Waals surface area contributed by atoms with Crippen LogP contribution in [-0.4, -0.2) is 4.98 Å². The van der Waals surface area contributed by atoms with Crippen LogP contribution in [-0.2, 0) is 0 Å². The molecule has 4 heteroatoms. The lowest BCUT2D eigenvalue weighted by molar-refractivity contribution is 0.697. The molecule has 2 aliphatic carbocycles. The summed E-state index contributed by atoms with van der Waals surface area (Å²) in [5.41, 5.74) is 2.47. The van der Waals surface area contributed by atoms with E-state index in [-0.39, 0.29) is 5.15 Å². The zero-order valence-corrected chi connectivity index (χ0v) is 9.44. The van der Waals surface area contributed by atoms with Crippen LogP contribution in [0.3, 0.4) is 0 Å². The number of pyridine rings is 1. The molecule has 1 fully saturated rings. The molecule has 0 saturated heterocycles. The van der Waals surface area contributed by atoms with E-state index in [2.05, 4.69) is 4.98 Å². The van der Waals surface area contributed by atoms with E-state index in [1.165, 1.54) is 12.8 Å². The maximum absolute atomic E-state index is 8.94. The number of nitrogens with zero attached hydrogens (tertiary/aromatic N) is 2. The van der Waals surface area contributed by atoms with Gasteiger partial charge >= 0.3 is 0 Å². The summed E-state index contributed by atoms with van der Waals surface area (Å²) in [6, 6.07) is 2.03. The molecule has 15 heavy (non-hydrogen) atoms. The van der Waals surface area contributed by atoms with E-state index in [0.717, 1.165) is 17.7 Å². The molecule has 2 nitrogen and oxygen atoms in total. The number of rotatable bonds is 0. The number of fused-ring (bicyclic) bond motifs is 5. The van der Waals surface area contributed by atoms with Crippen molar-refractivity contribution >= 4 is 23.2 Å². The van der Waals surface area contributed by atoms with Gasteiger partial charge in [-0.15, -0.1) is 0 Å². The molecule has 3 rings (SSSR count). The summed E-state index contributed by atoms with van der Waals surface area (Å²) < 4.78 is 0. The lowest BCUT2D eigenvalue weighted by Crippen LogP contribution is -2.04. The summed E-state index contributed by atoms with van der Waals surface area (Å²) in [4.78, 5) is 4.33. The van der Waals surface area contributed by atoms with Crippen molar-refractivity contribution in [2.24, 2.45) is 0 Å². The molecule has 0 aromatic carbocycles. The average Bonchev–Trinajstić information content (AvgIpc) is 2.78. The Morgan fingerprint density at radius 1 is 1.27 bits per heavy atom. The topological polar surface area (TPSA) is 36.7 Å². The molecule has 0 N–H and O–H groups in total. The Morgan fingerprint density at radius 2 is 2.00 bits per heavy atom. The second kappa shape index (κ2) is 3.10. The third-order valence-electron chi connectivity index (χ3n) is 3.50. The van der Waals surface area contributed by atoms with E-state index < -0.39 is 0 Å². The first-order chi connectivity index (χ1) is 7.22. The fraction of sp³-hybridized carbons (Fsp3) is 0.455. The standard InChI is InChI=1S/C11H8Cl2N2/c12-9-7(4-14)11(13)15-10-6-2-1-5(3-6)8(9)10/h5-6H,1-3H2. The summed E-state index contributed by atoms with van der Waals surface area (Å²) in [6.45, 7) is 0. The molecule has 1 aromatic rings. The van der Waals surface area contributed by atoms with Gasteiger partial charge in [0.1, 0.15) is 16.8 Å².